The van der Waals surface area contributed by atoms with Crippen LogP contribution in [0.5, 0.6) is 0 Å². The molecule has 4 fully saturated rings. The molecular formula is C39H50F2N5O6P. The van der Waals surface area contributed by atoms with Crippen LogP contribution >= 0.6 is 7.60 Å². The van der Waals surface area contributed by atoms with Gasteiger partial charge in [0, 0.05) is 61.7 Å². The van der Waals surface area contributed by atoms with Crippen LogP contribution in [0.25, 0.3) is 10.8 Å². The number of likely N-dealkylation sites (tertiary alicyclic amines) is 1. The lowest BCUT2D eigenvalue weighted by atomic mass is 9.90. The zero-order valence-corrected chi connectivity index (χ0v) is 31.2. The molecule has 3 heterocycles. The number of carbonyl (C=O) groups is 3. The van der Waals surface area contributed by atoms with Gasteiger partial charge < -0.3 is 30.1 Å². The summed E-state index contributed by atoms with van der Waals surface area (Å²) in [7, 11) is -3.55. The first-order chi connectivity index (χ1) is 25.2. The Morgan fingerprint density at radius 2 is 1.60 bits per heavy atom. The lowest BCUT2D eigenvalue weighted by Crippen LogP contribution is -2.50. The Labute approximate surface area is 309 Å². The van der Waals surface area contributed by atoms with Gasteiger partial charge in [0.15, 0.2) is 0 Å². The molecule has 4 aliphatic rings. The van der Waals surface area contributed by atoms with Gasteiger partial charge >= 0.3 is 13.3 Å². The monoisotopic (exact) mass is 753 g/mol. The Bertz CT molecular complexity index is 1800. The van der Waals surface area contributed by atoms with Crippen molar-refractivity contribution in [3.05, 3.63) is 83.4 Å². The molecule has 2 amide bonds. The number of nitrogens with two attached hydrogens (primary N) is 1. The lowest BCUT2D eigenvalue weighted by Gasteiger charge is -2.41. The second kappa shape index (κ2) is 18.8. The predicted molar refractivity (Wildman–Crippen MR) is 199 cm³/mol. The van der Waals surface area contributed by atoms with Gasteiger partial charge in [0.2, 0.25) is 11.8 Å². The van der Waals surface area contributed by atoms with Gasteiger partial charge in [-0.25, -0.2) is 0 Å². The average molecular weight is 754 g/mol. The summed E-state index contributed by atoms with van der Waals surface area (Å²) in [5.74, 6) is 0.239. The minimum absolute atomic E-state index is 0.120. The molecule has 3 aromatic rings. The van der Waals surface area contributed by atoms with Crippen LogP contribution < -0.4 is 5.73 Å². The molecule has 286 valence electrons. The van der Waals surface area contributed by atoms with E-state index in [-0.39, 0.29) is 16.9 Å². The number of nitrogens with zero attached hydrogens (tertiary/aromatic N) is 4. The highest BCUT2D eigenvalue weighted by molar-refractivity contribution is 7.52. The maximum atomic E-state index is 13.6. The molecule has 1 unspecified atom stereocenters. The van der Waals surface area contributed by atoms with Crippen LogP contribution in [-0.4, -0.2) is 94.4 Å². The number of primary amides is 1. The number of hydrogen-bond donors (Lipinski definition) is 3. The Kier molecular flexibility index (Phi) is 14.8. The van der Waals surface area contributed by atoms with Crippen molar-refractivity contribution in [2.45, 2.75) is 75.5 Å². The van der Waals surface area contributed by atoms with E-state index in [0.29, 0.717) is 23.3 Å². The summed E-state index contributed by atoms with van der Waals surface area (Å²) in [6.07, 6.45) is 9.23. The number of amides is 2. The summed E-state index contributed by atoms with van der Waals surface area (Å²) in [6, 6.07) is 21.5. The molecule has 3 saturated heterocycles. The minimum Gasteiger partial charge on any atom is -0.366 e. The second-order valence-electron chi connectivity index (χ2n) is 14.0. The van der Waals surface area contributed by atoms with E-state index >= 15 is 0 Å². The number of alkyl halides is 2. The molecule has 3 aromatic carbocycles. The van der Waals surface area contributed by atoms with Crippen LogP contribution in [0.15, 0.2) is 66.7 Å². The first-order valence-corrected chi connectivity index (χ1v) is 19.6. The Morgan fingerprint density at radius 1 is 0.943 bits per heavy atom. The first kappa shape index (κ1) is 41.7. The van der Waals surface area contributed by atoms with Crippen LogP contribution in [-0.2, 0) is 19.8 Å². The van der Waals surface area contributed by atoms with Crippen molar-refractivity contribution >= 4 is 36.5 Å². The normalized spacial score (nSPS) is 22.2. The number of halogens is 2. The van der Waals surface area contributed by atoms with Crippen molar-refractivity contribution in [2.75, 3.05) is 39.8 Å². The van der Waals surface area contributed by atoms with Crippen LogP contribution in [0.4, 0.5) is 8.78 Å². The highest BCUT2D eigenvalue weighted by Crippen LogP contribution is 2.59. The molecule has 1 saturated carbocycles. The number of hydrogen-bond acceptors (Lipinski definition) is 7. The zero-order chi connectivity index (χ0) is 38.8. The summed E-state index contributed by atoms with van der Waals surface area (Å²) < 4.78 is 38.0. The van der Waals surface area contributed by atoms with Gasteiger partial charge in [0.25, 0.3) is 0 Å². The fourth-order valence-corrected chi connectivity index (χ4v) is 7.78. The van der Waals surface area contributed by atoms with Crippen LogP contribution in [0.2, 0.25) is 0 Å². The fraction of sp³-hybridized carbons (Fsp3) is 0.487. The highest BCUT2D eigenvalue weighted by Gasteiger charge is 2.50. The number of aldehydes is 1. The van der Waals surface area contributed by atoms with E-state index in [2.05, 4.69) is 39.9 Å². The van der Waals surface area contributed by atoms with Crippen LogP contribution in [0.1, 0.15) is 79.3 Å². The number of fused-ring (bicyclic) bond motifs is 2. The van der Waals surface area contributed by atoms with E-state index in [4.69, 9.17) is 25.6 Å². The molecule has 4 N–H and O–H groups in total. The summed E-state index contributed by atoms with van der Waals surface area (Å²) in [4.78, 5) is 56.2. The molecular weight excluding hydrogens is 703 g/mol. The molecule has 53 heavy (non-hydrogen) atoms. The summed E-state index contributed by atoms with van der Waals surface area (Å²) >= 11 is 0. The third-order valence-corrected chi connectivity index (χ3v) is 11.3. The molecule has 14 heteroatoms. The van der Waals surface area contributed by atoms with Gasteiger partial charge in [0.1, 0.15) is 6.29 Å². The van der Waals surface area contributed by atoms with E-state index in [1.165, 1.54) is 68.9 Å². The first-order valence-electron chi connectivity index (χ1n) is 18.0. The van der Waals surface area contributed by atoms with Crippen LogP contribution in [0.3, 0.4) is 0 Å². The largest absolute Gasteiger partial charge is 0.399 e. The van der Waals surface area contributed by atoms with Gasteiger partial charge in [-0.1, -0.05) is 55.0 Å². The van der Waals surface area contributed by atoms with E-state index < -0.39 is 24.7 Å². The van der Waals surface area contributed by atoms with Crippen molar-refractivity contribution in [2.24, 2.45) is 11.7 Å². The standard InChI is InChI=1S/C13H22N2O.C12H10F2NO4P.C12H14N2.C2H4O/c16-13-7-3-8-14(11-4-1-5-11)10-12-6-2-9-15(12)13;13-12(14,20(17,18)19)10-4-3-7-1-2-8(11(15)16)5-9(7)6-10;1-14-8-11(7-13)12(9-14)10-5-3-2-4-6-10;1-2-3/h11-12H,1-10H2;1-6H,(H2,15,16)(H2,17,18,19);2-6,11-12H,8-9H2,1H3;2H,1H3/t12-;;11-,12?;/m1.0./s1. The SMILES string of the molecule is CC=O.CN1CC(c2ccccc2)[C@@H](C#N)C1.NC(=O)c1ccc2ccc(C(F)(F)P(=O)(O)O)cc2c1.O=C1CCCN(C2CCC2)C[C@H]2CCCN12. The van der Waals surface area contributed by atoms with Gasteiger partial charge in [-0.2, -0.15) is 14.0 Å². The molecule has 3 atom stereocenters. The summed E-state index contributed by atoms with van der Waals surface area (Å²) in [6.45, 7) is 6.66. The number of carbonyl (C=O) groups excluding carboxylic acids is 3. The molecule has 3 aliphatic heterocycles. The maximum Gasteiger partial charge on any atom is 0.399 e. The molecule has 0 radical (unpaired) electrons. The number of nitriles is 1. The van der Waals surface area contributed by atoms with Gasteiger partial charge in [-0.15, -0.1) is 0 Å². The smallest absolute Gasteiger partial charge is 0.366 e. The quantitative estimate of drug-likeness (QED) is 0.214. The van der Waals surface area contributed by atoms with Crippen molar-refractivity contribution in [3.63, 3.8) is 0 Å². The Balaban J connectivity index is 0.000000173. The van der Waals surface area contributed by atoms with Crippen molar-refractivity contribution in [1.82, 2.24) is 14.7 Å². The van der Waals surface area contributed by atoms with Gasteiger partial charge in [0.05, 0.1) is 12.0 Å². The number of benzene rings is 3. The third kappa shape index (κ3) is 10.8. The number of likely N-dealkylation sites (N-methyl/N-ethyl adjacent to an activating group) is 1. The van der Waals surface area contributed by atoms with Gasteiger partial charge in [-0.05, 0) is 87.2 Å². The molecule has 0 bridgehead atoms. The highest BCUT2D eigenvalue weighted by atomic mass is 31.2. The second-order valence-corrected chi connectivity index (χ2v) is 15.7. The average Bonchev–Trinajstić information content (AvgIpc) is 3.72. The minimum atomic E-state index is -5.62. The fourth-order valence-electron chi connectivity index (χ4n) is 7.30. The number of rotatable bonds is 5. The predicted octanol–water partition coefficient (Wildman–Crippen LogP) is 5.85. The van der Waals surface area contributed by atoms with E-state index in [1.54, 1.807) is 0 Å². The summed E-state index contributed by atoms with van der Waals surface area (Å²) in [5.41, 5.74) is 1.39. The molecule has 0 aromatic heterocycles. The van der Waals surface area contributed by atoms with Crippen molar-refractivity contribution < 1.29 is 37.5 Å². The van der Waals surface area contributed by atoms with Gasteiger partial charge in [-0.3, -0.25) is 19.1 Å². The summed E-state index contributed by atoms with van der Waals surface area (Å²) in [5, 5.41) is 9.82. The molecule has 11 nitrogen and oxygen atoms in total. The molecule has 0 spiro atoms. The third-order valence-electron chi connectivity index (χ3n) is 10.3. The zero-order valence-electron chi connectivity index (χ0n) is 30.3. The van der Waals surface area contributed by atoms with E-state index in [0.717, 1.165) is 70.0 Å². The topological polar surface area (TPSA) is 168 Å². The van der Waals surface area contributed by atoms with E-state index in [9.17, 15) is 22.9 Å². The Hall–Kier alpha value is -4.05. The molecule has 7 rings (SSSR count). The molecule has 1 aliphatic carbocycles. The van der Waals surface area contributed by atoms with E-state index in [1.807, 2.05) is 18.2 Å². The Morgan fingerprint density at radius 3 is 2.21 bits per heavy atom. The maximum absolute atomic E-state index is 13.6. The van der Waals surface area contributed by atoms with Crippen molar-refractivity contribution in [1.29, 1.82) is 5.26 Å². The lowest BCUT2D eigenvalue weighted by molar-refractivity contribution is -0.133. The van der Waals surface area contributed by atoms with Crippen molar-refractivity contribution in [3.8, 4) is 6.07 Å². The van der Waals surface area contributed by atoms with Crippen LogP contribution in [0, 0.1) is 17.2 Å².